The average Bonchev–Trinajstić information content (AvgIpc) is 3.53. The second-order valence-corrected chi connectivity index (χ2v) is 9.12. The van der Waals surface area contributed by atoms with E-state index < -0.39 is 0 Å². The van der Waals surface area contributed by atoms with Crippen LogP contribution in [0.25, 0.3) is 10.9 Å². The summed E-state index contributed by atoms with van der Waals surface area (Å²) in [7, 11) is 0. The number of rotatable bonds is 4. The summed E-state index contributed by atoms with van der Waals surface area (Å²) in [5.41, 5.74) is 1.33. The van der Waals surface area contributed by atoms with Gasteiger partial charge in [-0.1, -0.05) is 25.7 Å². The van der Waals surface area contributed by atoms with Crippen LogP contribution in [0.5, 0.6) is 11.5 Å². The second-order valence-electron chi connectivity index (χ2n) is 9.12. The van der Waals surface area contributed by atoms with Crippen molar-refractivity contribution in [3.05, 3.63) is 39.9 Å². The number of nitrogens with one attached hydrogen (secondary N) is 1. The van der Waals surface area contributed by atoms with Gasteiger partial charge in [-0.05, 0) is 61.3 Å². The van der Waals surface area contributed by atoms with Crippen LogP contribution in [0.4, 0.5) is 0 Å². The molecule has 0 spiro atoms. The first-order valence-electron chi connectivity index (χ1n) is 11.8. The molecule has 32 heavy (non-hydrogen) atoms. The summed E-state index contributed by atoms with van der Waals surface area (Å²) < 4.78 is 13.0. The summed E-state index contributed by atoms with van der Waals surface area (Å²) in [5, 5.41) is 13.8. The van der Waals surface area contributed by atoms with Crippen LogP contribution < -0.4 is 15.0 Å². The van der Waals surface area contributed by atoms with E-state index in [1.165, 1.54) is 25.7 Å². The molecule has 1 atom stereocenters. The lowest BCUT2D eigenvalue weighted by Gasteiger charge is -2.30. The third-order valence-electron chi connectivity index (χ3n) is 7.10. The highest BCUT2D eigenvalue weighted by Gasteiger charge is 2.33. The van der Waals surface area contributed by atoms with Gasteiger partial charge in [0.2, 0.25) is 6.79 Å². The average molecular weight is 437 g/mol. The molecule has 0 bridgehead atoms. The Kier molecular flexibility index (Phi) is 5.05. The molecule has 0 amide bonds. The Bertz CT molecular complexity index is 1170. The Morgan fingerprint density at radius 3 is 2.50 bits per heavy atom. The zero-order valence-corrected chi connectivity index (χ0v) is 18.1. The minimum atomic E-state index is -0.276. The van der Waals surface area contributed by atoms with E-state index in [1.807, 2.05) is 22.9 Å². The number of hydrogen-bond donors (Lipinski definition) is 1. The molecule has 3 aromatic rings. The smallest absolute Gasteiger partial charge is 0.253 e. The summed E-state index contributed by atoms with van der Waals surface area (Å²) in [6.45, 7) is 2.07. The Labute approximate surface area is 185 Å². The highest BCUT2D eigenvalue weighted by molar-refractivity contribution is 5.83. The number of fused-ring (bicyclic) bond motifs is 2. The molecular formula is C23H28N6O3. The molecule has 1 saturated heterocycles. The molecule has 6 rings (SSSR count). The Morgan fingerprint density at radius 2 is 1.72 bits per heavy atom. The molecular weight excluding hydrogens is 408 g/mol. The molecule has 9 heteroatoms. The lowest BCUT2D eigenvalue weighted by molar-refractivity contribution is 0.174. The van der Waals surface area contributed by atoms with Gasteiger partial charge < -0.3 is 14.5 Å². The number of aromatic nitrogens is 5. The summed E-state index contributed by atoms with van der Waals surface area (Å²) in [4.78, 5) is 18.9. The lowest BCUT2D eigenvalue weighted by Crippen LogP contribution is -2.36. The standard InChI is InChI=1S/C23H28N6O3/c30-23-17(11-15-12-19-20(32-14-31-19)13-18(15)24-23)21(28-9-5-1-2-6-10-28)22-25-26-27-29(22)16-7-3-4-8-16/h11-13,16,21H,1-10,14H2,(H,24,30)/t21-/m1/s1. The van der Waals surface area contributed by atoms with E-state index in [0.29, 0.717) is 23.1 Å². The fraction of sp³-hybridized carbons (Fsp3) is 0.565. The van der Waals surface area contributed by atoms with Gasteiger partial charge in [-0.25, -0.2) is 4.68 Å². The zero-order valence-electron chi connectivity index (χ0n) is 18.1. The summed E-state index contributed by atoms with van der Waals surface area (Å²) in [6.07, 6.45) is 9.23. The lowest BCUT2D eigenvalue weighted by atomic mass is 10.0. The van der Waals surface area contributed by atoms with Gasteiger partial charge in [-0.15, -0.1) is 5.10 Å². The van der Waals surface area contributed by atoms with Gasteiger partial charge in [-0.2, -0.15) is 0 Å². The van der Waals surface area contributed by atoms with Crippen LogP contribution >= 0.6 is 0 Å². The predicted octanol–water partition coefficient (Wildman–Crippen LogP) is 3.32. The minimum absolute atomic E-state index is 0.105. The van der Waals surface area contributed by atoms with Crippen molar-refractivity contribution in [2.24, 2.45) is 0 Å². The minimum Gasteiger partial charge on any atom is -0.454 e. The van der Waals surface area contributed by atoms with Gasteiger partial charge in [0, 0.05) is 17.0 Å². The molecule has 2 aromatic heterocycles. The van der Waals surface area contributed by atoms with Gasteiger partial charge in [0.25, 0.3) is 5.56 Å². The van der Waals surface area contributed by atoms with Crippen molar-refractivity contribution >= 4 is 10.9 Å². The largest absolute Gasteiger partial charge is 0.454 e. The van der Waals surface area contributed by atoms with E-state index in [-0.39, 0.29) is 18.4 Å². The number of tetrazole rings is 1. The highest BCUT2D eigenvalue weighted by Crippen LogP contribution is 2.37. The van der Waals surface area contributed by atoms with Crippen LogP contribution in [0.3, 0.4) is 0 Å². The van der Waals surface area contributed by atoms with Crippen LogP contribution in [0, 0.1) is 0 Å². The molecule has 4 heterocycles. The number of aromatic amines is 1. The van der Waals surface area contributed by atoms with Crippen molar-refractivity contribution in [2.75, 3.05) is 19.9 Å². The van der Waals surface area contributed by atoms with Gasteiger partial charge in [0.1, 0.15) is 6.04 Å². The van der Waals surface area contributed by atoms with Crippen molar-refractivity contribution in [3.63, 3.8) is 0 Å². The number of likely N-dealkylation sites (tertiary alicyclic amines) is 1. The third-order valence-corrected chi connectivity index (χ3v) is 7.10. The number of nitrogens with zero attached hydrogens (tertiary/aromatic N) is 5. The first-order valence-corrected chi connectivity index (χ1v) is 11.8. The molecule has 0 radical (unpaired) electrons. The van der Waals surface area contributed by atoms with Gasteiger partial charge in [0.05, 0.1) is 11.6 Å². The van der Waals surface area contributed by atoms with E-state index >= 15 is 0 Å². The Balaban J connectivity index is 1.49. The van der Waals surface area contributed by atoms with Crippen molar-refractivity contribution in [2.45, 2.75) is 63.5 Å². The van der Waals surface area contributed by atoms with Crippen LogP contribution in [0.15, 0.2) is 23.0 Å². The monoisotopic (exact) mass is 436 g/mol. The molecule has 0 unspecified atom stereocenters. The van der Waals surface area contributed by atoms with Gasteiger partial charge >= 0.3 is 0 Å². The highest BCUT2D eigenvalue weighted by atomic mass is 16.7. The van der Waals surface area contributed by atoms with Crippen molar-refractivity contribution in [1.82, 2.24) is 30.1 Å². The fourth-order valence-electron chi connectivity index (χ4n) is 5.46. The molecule has 9 nitrogen and oxygen atoms in total. The first kappa shape index (κ1) is 19.7. The molecule has 168 valence electrons. The van der Waals surface area contributed by atoms with Gasteiger partial charge in [-0.3, -0.25) is 9.69 Å². The van der Waals surface area contributed by atoms with E-state index in [2.05, 4.69) is 25.4 Å². The maximum Gasteiger partial charge on any atom is 0.253 e. The number of H-pyrrole nitrogens is 1. The first-order chi connectivity index (χ1) is 15.8. The molecule has 1 aromatic carbocycles. The fourth-order valence-corrected chi connectivity index (χ4v) is 5.46. The van der Waals surface area contributed by atoms with Crippen molar-refractivity contribution < 1.29 is 9.47 Å². The number of benzene rings is 1. The van der Waals surface area contributed by atoms with E-state index in [0.717, 1.165) is 55.5 Å². The maximum atomic E-state index is 13.4. The van der Waals surface area contributed by atoms with E-state index in [1.54, 1.807) is 0 Å². The third kappa shape index (κ3) is 3.44. The summed E-state index contributed by atoms with van der Waals surface area (Å²) in [6, 6.07) is 5.80. The Hall–Kier alpha value is -2.94. The molecule has 1 saturated carbocycles. The van der Waals surface area contributed by atoms with Crippen molar-refractivity contribution in [3.8, 4) is 11.5 Å². The van der Waals surface area contributed by atoms with Crippen LogP contribution in [-0.2, 0) is 0 Å². The number of ether oxygens (including phenoxy) is 2. The molecule has 3 aliphatic rings. The zero-order chi connectivity index (χ0) is 21.5. The summed E-state index contributed by atoms with van der Waals surface area (Å²) >= 11 is 0. The normalized spacial score (nSPS) is 20.6. The summed E-state index contributed by atoms with van der Waals surface area (Å²) in [5.74, 6) is 2.15. The Morgan fingerprint density at radius 1 is 0.969 bits per heavy atom. The topological polar surface area (TPSA) is 98.2 Å². The number of pyridine rings is 1. The molecule has 2 aliphatic heterocycles. The molecule has 1 N–H and O–H groups in total. The van der Waals surface area contributed by atoms with Gasteiger partial charge in [0.15, 0.2) is 17.3 Å². The molecule has 2 fully saturated rings. The van der Waals surface area contributed by atoms with Crippen molar-refractivity contribution in [1.29, 1.82) is 0 Å². The SMILES string of the molecule is O=c1[nH]c2cc3c(cc2cc1[C@H](c1nnnn1C1CCCC1)N1CCCCCC1)OCO3. The second kappa shape index (κ2) is 8.20. The van der Waals surface area contributed by atoms with Crippen LogP contribution in [0.2, 0.25) is 0 Å². The van der Waals surface area contributed by atoms with Crippen LogP contribution in [0.1, 0.15) is 74.8 Å². The maximum absolute atomic E-state index is 13.4. The molecule has 1 aliphatic carbocycles. The quantitative estimate of drug-likeness (QED) is 0.670. The van der Waals surface area contributed by atoms with E-state index in [9.17, 15) is 4.79 Å². The van der Waals surface area contributed by atoms with Crippen LogP contribution in [-0.4, -0.2) is 50.0 Å². The predicted molar refractivity (Wildman–Crippen MR) is 118 cm³/mol. The van der Waals surface area contributed by atoms with E-state index in [4.69, 9.17) is 9.47 Å². The number of hydrogen-bond acceptors (Lipinski definition) is 7.